The van der Waals surface area contributed by atoms with Crippen molar-refractivity contribution < 1.29 is 23.8 Å². The maximum Gasteiger partial charge on any atom is 0.262 e. The smallest absolute Gasteiger partial charge is 0.262 e. The van der Waals surface area contributed by atoms with Gasteiger partial charge < -0.3 is 19.1 Å². The van der Waals surface area contributed by atoms with Gasteiger partial charge in [-0.25, -0.2) is 5.01 Å². The van der Waals surface area contributed by atoms with Gasteiger partial charge in [0, 0.05) is 27.0 Å². The average molecular weight is 440 g/mol. The second-order valence-corrected chi connectivity index (χ2v) is 7.44. The Morgan fingerprint density at radius 1 is 1.00 bits per heavy atom. The van der Waals surface area contributed by atoms with Crippen molar-refractivity contribution in [3.8, 4) is 11.5 Å². The van der Waals surface area contributed by atoms with Gasteiger partial charge in [-0.15, -0.1) is 0 Å². The molecule has 2 aromatic carbocycles. The number of carbonyl (C=O) groups excluding carboxylic acids is 2. The van der Waals surface area contributed by atoms with Gasteiger partial charge in [0.05, 0.1) is 32.6 Å². The Balaban J connectivity index is 1.88. The van der Waals surface area contributed by atoms with Crippen LogP contribution in [0.5, 0.6) is 11.5 Å². The van der Waals surface area contributed by atoms with E-state index in [-0.39, 0.29) is 24.4 Å². The van der Waals surface area contributed by atoms with Crippen LogP contribution in [-0.4, -0.2) is 68.5 Å². The second kappa shape index (κ2) is 10.8. The Morgan fingerprint density at radius 3 is 2.12 bits per heavy atom. The fraction of sp³-hybridized carbons (Fsp3) is 0.375. The molecule has 2 amide bonds. The Bertz CT molecular complexity index is 957. The van der Waals surface area contributed by atoms with Crippen LogP contribution >= 0.6 is 0 Å². The van der Waals surface area contributed by atoms with E-state index >= 15 is 0 Å². The molecular weight excluding hydrogens is 410 g/mol. The number of rotatable bonds is 9. The molecule has 0 N–H and O–H groups in total. The monoisotopic (exact) mass is 439 g/mol. The van der Waals surface area contributed by atoms with Gasteiger partial charge in [-0.2, -0.15) is 5.10 Å². The van der Waals surface area contributed by atoms with Crippen LogP contribution in [0.2, 0.25) is 0 Å². The van der Waals surface area contributed by atoms with E-state index in [0.717, 1.165) is 28.3 Å². The summed E-state index contributed by atoms with van der Waals surface area (Å²) >= 11 is 0. The summed E-state index contributed by atoms with van der Waals surface area (Å²) < 4.78 is 15.6. The number of nitrogens with zero attached hydrogens (tertiary/aromatic N) is 3. The number of ether oxygens (including phenoxy) is 3. The maximum absolute atomic E-state index is 13.2. The van der Waals surface area contributed by atoms with Crippen molar-refractivity contribution in [3.63, 3.8) is 0 Å². The highest BCUT2D eigenvalue weighted by Gasteiger charge is 2.34. The van der Waals surface area contributed by atoms with Gasteiger partial charge >= 0.3 is 0 Å². The van der Waals surface area contributed by atoms with E-state index in [9.17, 15) is 9.59 Å². The molecule has 2 aromatic rings. The highest BCUT2D eigenvalue weighted by Crippen LogP contribution is 2.34. The number of hydrazone groups is 1. The molecule has 3 rings (SSSR count). The molecular formula is C24H29N3O5. The largest absolute Gasteiger partial charge is 0.497 e. The van der Waals surface area contributed by atoms with Gasteiger partial charge in [0.2, 0.25) is 5.91 Å². The van der Waals surface area contributed by atoms with Gasteiger partial charge in [0.1, 0.15) is 18.0 Å². The van der Waals surface area contributed by atoms with E-state index < -0.39 is 0 Å². The van der Waals surface area contributed by atoms with Gasteiger partial charge in [0.25, 0.3) is 5.91 Å². The molecule has 0 radical (unpaired) electrons. The summed E-state index contributed by atoms with van der Waals surface area (Å²) in [5.74, 6) is 1.06. The number of carbonyl (C=O) groups is 2. The number of methoxy groups -OCH3 is 3. The molecule has 0 aliphatic carbocycles. The van der Waals surface area contributed by atoms with Crippen LogP contribution in [-0.2, 0) is 14.3 Å². The third-order valence-corrected chi connectivity index (χ3v) is 5.43. The lowest BCUT2D eigenvalue weighted by Gasteiger charge is -2.26. The number of benzene rings is 2. The first-order chi connectivity index (χ1) is 15.5. The molecule has 1 heterocycles. The fourth-order valence-corrected chi connectivity index (χ4v) is 3.57. The first kappa shape index (κ1) is 23.3. The Hall–Kier alpha value is -3.39. The van der Waals surface area contributed by atoms with E-state index in [1.165, 1.54) is 16.8 Å². The van der Waals surface area contributed by atoms with Crippen LogP contribution in [0.4, 0.5) is 0 Å². The molecule has 1 aliphatic heterocycles. The van der Waals surface area contributed by atoms with Crippen LogP contribution in [0, 0.1) is 0 Å². The van der Waals surface area contributed by atoms with Crippen LogP contribution in [0.15, 0.2) is 53.6 Å². The topological polar surface area (TPSA) is 80.7 Å². The molecule has 8 nitrogen and oxygen atoms in total. The quantitative estimate of drug-likeness (QED) is 0.600. The fourth-order valence-electron chi connectivity index (χ4n) is 3.57. The predicted octanol–water partition coefficient (Wildman–Crippen LogP) is 2.88. The summed E-state index contributed by atoms with van der Waals surface area (Å²) in [7, 11) is 4.79. The lowest BCUT2D eigenvalue weighted by molar-refractivity contribution is -0.141. The molecule has 32 heavy (non-hydrogen) atoms. The van der Waals surface area contributed by atoms with Crippen LogP contribution < -0.4 is 9.47 Å². The minimum Gasteiger partial charge on any atom is -0.497 e. The highest BCUT2D eigenvalue weighted by molar-refractivity contribution is 6.03. The van der Waals surface area contributed by atoms with Crippen molar-refractivity contribution >= 4 is 17.5 Å². The highest BCUT2D eigenvalue weighted by atomic mass is 16.5. The molecule has 0 unspecified atom stereocenters. The van der Waals surface area contributed by atoms with Crippen molar-refractivity contribution in [1.29, 1.82) is 0 Å². The van der Waals surface area contributed by atoms with E-state index in [1.54, 1.807) is 21.3 Å². The molecule has 0 aromatic heterocycles. The van der Waals surface area contributed by atoms with Gasteiger partial charge in [0.15, 0.2) is 0 Å². The molecule has 1 aliphatic rings. The average Bonchev–Trinajstić information content (AvgIpc) is 3.27. The molecule has 0 fully saturated rings. The second-order valence-electron chi connectivity index (χ2n) is 7.44. The summed E-state index contributed by atoms with van der Waals surface area (Å²) in [4.78, 5) is 26.7. The first-order valence-corrected chi connectivity index (χ1v) is 10.4. The predicted molar refractivity (Wildman–Crippen MR) is 121 cm³/mol. The lowest BCUT2D eigenvalue weighted by Crippen LogP contribution is -2.41. The molecule has 1 atom stereocenters. The molecule has 0 bridgehead atoms. The van der Waals surface area contributed by atoms with E-state index in [2.05, 4.69) is 5.10 Å². The zero-order valence-electron chi connectivity index (χ0n) is 18.9. The van der Waals surface area contributed by atoms with Gasteiger partial charge in [-0.05, 0) is 47.5 Å². The summed E-state index contributed by atoms with van der Waals surface area (Å²) in [5.41, 5.74) is 2.66. The molecule has 0 saturated carbocycles. The van der Waals surface area contributed by atoms with Crippen LogP contribution in [0.3, 0.4) is 0 Å². The standard InChI is InChI=1S/C24H29N3O5/c1-17(28)26(13-14-30-2)16-24(29)27-23(19-7-11-21(32-4)12-8-19)15-22(25-27)18-5-9-20(31-3)10-6-18/h5-12,23H,13-16H2,1-4H3/t23-/m1/s1. The number of hydrogen-bond donors (Lipinski definition) is 0. The van der Waals surface area contributed by atoms with Crippen molar-refractivity contribution in [2.45, 2.75) is 19.4 Å². The van der Waals surface area contributed by atoms with Crippen molar-refractivity contribution in [2.24, 2.45) is 5.10 Å². The molecule has 0 spiro atoms. The van der Waals surface area contributed by atoms with Gasteiger partial charge in [-0.1, -0.05) is 12.1 Å². The van der Waals surface area contributed by atoms with E-state index in [0.29, 0.717) is 19.6 Å². The number of amides is 2. The van der Waals surface area contributed by atoms with Crippen LogP contribution in [0.1, 0.15) is 30.5 Å². The zero-order chi connectivity index (χ0) is 23.1. The van der Waals surface area contributed by atoms with Crippen LogP contribution in [0.25, 0.3) is 0 Å². The summed E-state index contributed by atoms with van der Waals surface area (Å²) in [6.45, 7) is 2.08. The van der Waals surface area contributed by atoms with Crippen molar-refractivity contribution in [3.05, 3.63) is 59.7 Å². The molecule has 8 heteroatoms. The van der Waals surface area contributed by atoms with Crippen molar-refractivity contribution in [1.82, 2.24) is 9.91 Å². The third kappa shape index (κ3) is 5.45. The Labute approximate surface area is 188 Å². The number of hydrogen-bond acceptors (Lipinski definition) is 6. The molecule has 170 valence electrons. The maximum atomic E-state index is 13.2. The summed E-state index contributed by atoms with van der Waals surface area (Å²) in [5, 5.41) is 6.16. The Kier molecular flexibility index (Phi) is 7.83. The summed E-state index contributed by atoms with van der Waals surface area (Å²) in [6, 6.07) is 14.9. The minimum absolute atomic E-state index is 0.0647. The van der Waals surface area contributed by atoms with Crippen molar-refractivity contribution in [2.75, 3.05) is 41.0 Å². The van der Waals surface area contributed by atoms with E-state index in [4.69, 9.17) is 14.2 Å². The Morgan fingerprint density at radius 2 is 1.59 bits per heavy atom. The van der Waals surface area contributed by atoms with Gasteiger partial charge in [-0.3, -0.25) is 9.59 Å². The lowest BCUT2D eigenvalue weighted by atomic mass is 9.98. The first-order valence-electron chi connectivity index (χ1n) is 10.4. The normalized spacial score (nSPS) is 15.3. The SMILES string of the molecule is COCCN(CC(=O)N1N=C(c2ccc(OC)cc2)C[C@@H]1c1ccc(OC)cc1)C(C)=O. The van der Waals surface area contributed by atoms with E-state index in [1.807, 2.05) is 48.5 Å². The minimum atomic E-state index is -0.276. The molecule has 0 saturated heterocycles. The zero-order valence-corrected chi connectivity index (χ0v) is 18.9. The summed E-state index contributed by atoms with van der Waals surface area (Å²) in [6.07, 6.45) is 0.558. The third-order valence-electron chi connectivity index (χ3n) is 5.43.